The summed E-state index contributed by atoms with van der Waals surface area (Å²) in [7, 11) is 1.62. The Morgan fingerprint density at radius 2 is 2.07 bits per heavy atom. The third kappa shape index (κ3) is 2.96. The molecule has 5 nitrogen and oxygen atoms in total. The molecule has 0 spiro atoms. The second kappa shape index (κ2) is 6.99. The standard InChI is InChI=1S/C23H25N3O2/c1-28-17-6-4-5-15(13-17)23(27)24-16-9-11-26-12-10-19-18-7-2-3-8-20(18)25-22(19)21(26)14-16/h2-8,13,16,21,25H,9-12,14H2,1H3,(H,24,27)/t16-,21+/m1/s1. The van der Waals surface area contributed by atoms with Crippen LogP contribution in [0.15, 0.2) is 48.5 Å². The molecule has 2 N–H and O–H groups in total. The first-order chi connectivity index (χ1) is 13.7. The van der Waals surface area contributed by atoms with Gasteiger partial charge in [0.15, 0.2) is 0 Å². The molecule has 2 atom stereocenters. The molecule has 28 heavy (non-hydrogen) atoms. The van der Waals surface area contributed by atoms with E-state index in [0.717, 1.165) is 32.4 Å². The molecule has 5 rings (SSSR count). The van der Waals surface area contributed by atoms with Gasteiger partial charge in [-0.25, -0.2) is 0 Å². The lowest BCUT2D eigenvalue weighted by molar-refractivity contribution is 0.0839. The lowest BCUT2D eigenvalue weighted by atomic mass is 9.88. The minimum Gasteiger partial charge on any atom is -0.497 e. The first kappa shape index (κ1) is 17.3. The number of nitrogens with zero attached hydrogens (tertiary/aromatic N) is 1. The Morgan fingerprint density at radius 3 is 2.96 bits per heavy atom. The average molecular weight is 375 g/mol. The zero-order valence-electron chi connectivity index (χ0n) is 16.1. The molecule has 1 amide bonds. The topological polar surface area (TPSA) is 57.4 Å². The maximum absolute atomic E-state index is 12.7. The maximum atomic E-state index is 12.7. The Bertz CT molecular complexity index is 1030. The van der Waals surface area contributed by atoms with Crippen molar-refractivity contribution in [3.63, 3.8) is 0 Å². The van der Waals surface area contributed by atoms with E-state index in [1.807, 2.05) is 18.2 Å². The minimum absolute atomic E-state index is 0.0231. The lowest BCUT2D eigenvalue weighted by Gasteiger charge is -2.42. The third-order valence-corrected chi connectivity index (χ3v) is 6.21. The van der Waals surface area contributed by atoms with Crippen LogP contribution in [0.25, 0.3) is 10.9 Å². The molecular weight excluding hydrogens is 350 g/mol. The molecule has 1 aromatic heterocycles. The highest BCUT2D eigenvalue weighted by Crippen LogP contribution is 2.39. The number of hydrogen-bond acceptors (Lipinski definition) is 3. The highest BCUT2D eigenvalue weighted by molar-refractivity contribution is 5.94. The third-order valence-electron chi connectivity index (χ3n) is 6.21. The van der Waals surface area contributed by atoms with Crippen LogP contribution in [0.5, 0.6) is 5.75 Å². The second-order valence-electron chi connectivity index (χ2n) is 7.79. The molecule has 3 heterocycles. The minimum atomic E-state index is -0.0231. The number of carbonyl (C=O) groups excluding carboxylic acids is 1. The van der Waals surface area contributed by atoms with Crippen molar-refractivity contribution >= 4 is 16.8 Å². The number of para-hydroxylation sites is 1. The van der Waals surface area contributed by atoms with Gasteiger partial charge in [0.25, 0.3) is 5.91 Å². The van der Waals surface area contributed by atoms with Gasteiger partial charge >= 0.3 is 0 Å². The fraction of sp³-hybridized carbons (Fsp3) is 0.348. The molecule has 144 valence electrons. The molecule has 2 aliphatic rings. The van der Waals surface area contributed by atoms with Crippen molar-refractivity contribution in [1.82, 2.24) is 15.2 Å². The average Bonchev–Trinajstić information content (AvgIpc) is 3.13. The SMILES string of the molecule is COc1cccc(C(=O)N[C@@H]2CCN3CCc4c([nH]c5ccccc45)[C@@H]3C2)c1. The van der Waals surface area contributed by atoms with Gasteiger partial charge < -0.3 is 15.0 Å². The van der Waals surface area contributed by atoms with Gasteiger partial charge in [-0.2, -0.15) is 0 Å². The van der Waals surface area contributed by atoms with Crippen LogP contribution >= 0.6 is 0 Å². The van der Waals surface area contributed by atoms with Crippen LogP contribution in [0.3, 0.4) is 0 Å². The molecule has 2 aliphatic heterocycles. The molecule has 0 aliphatic carbocycles. The number of H-pyrrole nitrogens is 1. The fourth-order valence-electron chi connectivity index (χ4n) is 4.78. The summed E-state index contributed by atoms with van der Waals surface area (Å²) in [6, 6.07) is 16.4. The summed E-state index contributed by atoms with van der Waals surface area (Å²) in [5, 5.41) is 4.60. The number of amides is 1. The van der Waals surface area contributed by atoms with Gasteiger partial charge in [0.2, 0.25) is 0 Å². The number of aromatic nitrogens is 1. The van der Waals surface area contributed by atoms with Crippen LogP contribution in [0, 0.1) is 0 Å². The number of benzene rings is 2. The summed E-state index contributed by atoms with van der Waals surface area (Å²) in [6.07, 6.45) is 3.02. The number of aromatic amines is 1. The second-order valence-corrected chi connectivity index (χ2v) is 7.79. The Kier molecular flexibility index (Phi) is 4.32. The van der Waals surface area contributed by atoms with Crippen molar-refractivity contribution in [2.24, 2.45) is 0 Å². The Hall–Kier alpha value is -2.79. The summed E-state index contributed by atoms with van der Waals surface area (Å²) in [5.74, 6) is 0.683. The van der Waals surface area contributed by atoms with Crippen LogP contribution in [-0.2, 0) is 6.42 Å². The van der Waals surface area contributed by atoms with E-state index < -0.39 is 0 Å². The maximum Gasteiger partial charge on any atom is 0.251 e. The van der Waals surface area contributed by atoms with Crippen molar-refractivity contribution in [3.05, 3.63) is 65.4 Å². The molecule has 0 radical (unpaired) electrons. The molecular formula is C23H25N3O2. The highest BCUT2D eigenvalue weighted by Gasteiger charge is 2.36. The Balaban J connectivity index is 1.36. The number of rotatable bonds is 3. The van der Waals surface area contributed by atoms with Crippen molar-refractivity contribution in [2.45, 2.75) is 31.3 Å². The summed E-state index contributed by atoms with van der Waals surface area (Å²) < 4.78 is 5.24. The molecule has 1 fully saturated rings. The molecule has 5 heteroatoms. The van der Waals surface area contributed by atoms with Gasteiger partial charge in [-0.05, 0) is 49.1 Å². The summed E-state index contributed by atoms with van der Waals surface area (Å²) >= 11 is 0. The summed E-state index contributed by atoms with van der Waals surface area (Å²) in [4.78, 5) is 19.0. The number of piperidine rings is 1. The van der Waals surface area contributed by atoms with E-state index in [2.05, 4.69) is 39.5 Å². The Labute approximate surface area is 164 Å². The van der Waals surface area contributed by atoms with Crippen LogP contribution < -0.4 is 10.1 Å². The monoisotopic (exact) mass is 375 g/mol. The Morgan fingerprint density at radius 1 is 1.18 bits per heavy atom. The van der Waals surface area contributed by atoms with Gasteiger partial charge in [-0.1, -0.05) is 24.3 Å². The van der Waals surface area contributed by atoms with Gasteiger partial charge in [0, 0.05) is 41.3 Å². The molecule has 3 aromatic rings. The number of ether oxygens (including phenoxy) is 1. The van der Waals surface area contributed by atoms with E-state index in [1.165, 1.54) is 22.2 Å². The lowest BCUT2D eigenvalue weighted by Crippen LogP contribution is -2.48. The predicted octanol–water partition coefficient (Wildman–Crippen LogP) is 3.67. The quantitative estimate of drug-likeness (QED) is 0.734. The number of carbonyl (C=O) groups is 1. The van der Waals surface area contributed by atoms with Gasteiger partial charge in [-0.15, -0.1) is 0 Å². The highest BCUT2D eigenvalue weighted by atomic mass is 16.5. The summed E-state index contributed by atoms with van der Waals surface area (Å²) in [6.45, 7) is 2.11. The van der Waals surface area contributed by atoms with Crippen molar-refractivity contribution < 1.29 is 9.53 Å². The smallest absolute Gasteiger partial charge is 0.251 e. The van der Waals surface area contributed by atoms with E-state index in [0.29, 0.717) is 17.4 Å². The first-order valence-electron chi connectivity index (χ1n) is 10.0. The molecule has 1 saturated heterocycles. The van der Waals surface area contributed by atoms with E-state index in [1.54, 1.807) is 13.2 Å². The molecule has 0 saturated carbocycles. The van der Waals surface area contributed by atoms with Crippen LogP contribution in [0.4, 0.5) is 0 Å². The van der Waals surface area contributed by atoms with E-state index in [4.69, 9.17) is 4.74 Å². The fourth-order valence-corrected chi connectivity index (χ4v) is 4.78. The van der Waals surface area contributed by atoms with Gasteiger partial charge in [0.05, 0.1) is 13.2 Å². The van der Waals surface area contributed by atoms with Crippen molar-refractivity contribution in [1.29, 1.82) is 0 Å². The first-order valence-corrected chi connectivity index (χ1v) is 10.0. The van der Waals surface area contributed by atoms with Crippen molar-refractivity contribution in [3.8, 4) is 5.75 Å². The normalized spacial score (nSPS) is 21.8. The molecule has 0 bridgehead atoms. The number of methoxy groups -OCH3 is 1. The van der Waals surface area contributed by atoms with Crippen molar-refractivity contribution in [2.75, 3.05) is 20.2 Å². The van der Waals surface area contributed by atoms with Crippen LogP contribution in [-0.4, -0.2) is 42.0 Å². The number of hydrogen-bond donors (Lipinski definition) is 2. The summed E-state index contributed by atoms with van der Waals surface area (Å²) in [5.41, 5.74) is 4.66. The van der Waals surface area contributed by atoms with E-state index in [-0.39, 0.29) is 11.9 Å². The number of nitrogens with one attached hydrogen (secondary N) is 2. The van der Waals surface area contributed by atoms with Gasteiger partial charge in [-0.3, -0.25) is 9.69 Å². The van der Waals surface area contributed by atoms with Gasteiger partial charge in [0.1, 0.15) is 5.75 Å². The van der Waals surface area contributed by atoms with E-state index >= 15 is 0 Å². The zero-order chi connectivity index (χ0) is 19.1. The number of fused-ring (bicyclic) bond motifs is 5. The molecule has 0 unspecified atom stereocenters. The van der Waals surface area contributed by atoms with Crippen LogP contribution in [0.2, 0.25) is 0 Å². The zero-order valence-corrected chi connectivity index (χ0v) is 16.1. The van der Waals surface area contributed by atoms with Crippen LogP contribution in [0.1, 0.15) is 40.5 Å². The largest absolute Gasteiger partial charge is 0.497 e. The predicted molar refractivity (Wildman–Crippen MR) is 110 cm³/mol. The van der Waals surface area contributed by atoms with E-state index in [9.17, 15) is 4.79 Å². The molecule has 2 aromatic carbocycles.